The van der Waals surface area contributed by atoms with Crippen LogP contribution in [0.1, 0.15) is 50.3 Å². The number of rotatable bonds is 7. The molecule has 2 aromatic rings. The Morgan fingerprint density at radius 3 is 2.37 bits per heavy atom. The van der Waals surface area contributed by atoms with E-state index in [1.54, 1.807) is 6.07 Å². The number of nitrogens with zero attached hydrogens (tertiary/aromatic N) is 1. The van der Waals surface area contributed by atoms with Crippen molar-refractivity contribution in [2.24, 2.45) is 0 Å². The first-order valence-electron chi connectivity index (χ1n) is 8.85. The number of thiocarbonyl (C=S) groups is 1. The quantitative estimate of drug-likeness (QED) is 0.388. The fourth-order valence-corrected chi connectivity index (χ4v) is 2.97. The lowest BCUT2D eigenvalue weighted by Gasteiger charge is -2.19. The molecule has 0 heterocycles. The minimum absolute atomic E-state index is 0.0139. The smallest absolute Gasteiger partial charge is 0.273 e. The highest BCUT2D eigenvalue weighted by Gasteiger charge is 2.14. The van der Waals surface area contributed by atoms with Crippen molar-refractivity contribution in [3.63, 3.8) is 0 Å². The maximum atomic E-state index is 10.9. The normalized spacial score (nSPS) is 12.7. The number of non-ortho nitro benzene ring substituents is 1. The van der Waals surface area contributed by atoms with Crippen LogP contribution in [0.2, 0.25) is 0 Å². The molecule has 0 amide bonds. The van der Waals surface area contributed by atoms with Gasteiger partial charge in [-0.25, -0.2) is 0 Å². The van der Waals surface area contributed by atoms with Gasteiger partial charge in [0.15, 0.2) is 5.11 Å². The highest BCUT2D eigenvalue weighted by Crippen LogP contribution is 2.29. The summed E-state index contributed by atoms with van der Waals surface area (Å²) in [7, 11) is 1.46. The van der Waals surface area contributed by atoms with Crippen molar-refractivity contribution in [3.05, 3.63) is 63.7 Å². The molecule has 2 unspecified atom stereocenters. The zero-order valence-corrected chi connectivity index (χ0v) is 16.8. The van der Waals surface area contributed by atoms with Gasteiger partial charge < -0.3 is 15.4 Å². The summed E-state index contributed by atoms with van der Waals surface area (Å²) in [6, 6.07) is 12.9. The van der Waals surface area contributed by atoms with E-state index in [1.807, 2.05) is 6.92 Å². The van der Waals surface area contributed by atoms with E-state index in [0.717, 1.165) is 12.0 Å². The van der Waals surface area contributed by atoms with Gasteiger partial charge in [0, 0.05) is 6.07 Å². The predicted octanol–water partition coefficient (Wildman–Crippen LogP) is 5.16. The van der Waals surface area contributed by atoms with E-state index in [-0.39, 0.29) is 11.7 Å². The number of nitro groups is 1. The molecule has 0 bridgehead atoms. The lowest BCUT2D eigenvalue weighted by Crippen LogP contribution is -2.31. The average Bonchev–Trinajstić information content (AvgIpc) is 2.67. The number of ether oxygens (including phenoxy) is 1. The van der Waals surface area contributed by atoms with Crippen LogP contribution < -0.4 is 15.4 Å². The fourth-order valence-electron chi connectivity index (χ4n) is 2.68. The summed E-state index contributed by atoms with van der Waals surface area (Å²) >= 11 is 5.38. The van der Waals surface area contributed by atoms with Gasteiger partial charge in [0.25, 0.3) is 5.69 Å². The molecule has 7 heteroatoms. The number of methoxy groups -OCH3 is 1. The standard InChI is InChI=1S/C20H25N3O3S/c1-5-13(2)15-6-8-16(9-7-15)14(3)21-20(27)22-18-11-10-17(23(24)25)12-19(18)26-4/h6-14H,5H2,1-4H3,(H2,21,22,27). The van der Waals surface area contributed by atoms with Crippen LogP contribution in [-0.2, 0) is 0 Å². The van der Waals surface area contributed by atoms with Gasteiger partial charge >= 0.3 is 0 Å². The van der Waals surface area contributed by atoms with E-state index in [2.05, 4.69) is 48.7 Å². The van der Waals surface area contributed by atoms with Crippen molar-refractivity contribution in [2.45, 2.75) is 39.2 Å². The molecular weight excluding hydrogens is 362 g/mol. The van der Waals surface area contributed by atoms with Crippen molar-refractivity contribution >= 4 is 28.7 Å². The Morgan fingerprint density at radius 1 is 1.19 bits per heavy atom. The average molecular weight is 388 g/mol. The molecule has 144 valence electrons. The topological polar surface area (TPSA) is 76.4 Å². The van der Waals surface area contributed by atoms with Crippen molar-refractivity contribution in [1.29, 1.82) is 0 Å². The van der Waals surface area contributed by atoms with Crippen LogP contribution in [0.25, 0.3) is 0 Å². The second-order valence-corrected chi connectivity index (χ2v) is 6.85. The van der Waals surface area contributed by atoms with Gasteiger partial charge in [0.2, 0.25) is 0 Å². The van der Waals surface area contributed by atoms with Crippen LogP contribution in [-0.4, -0.2) is 17.1 Å². The lowest BCUT2D eigenvalue weighted by molar-refractivity contribution is -0.384. The Balaban J connectivity index is 2.03. The van der Waals surface area contributed by atoms with Crippen molar-refractivity contribution in [2.75, 3.05) is 12.4 Å². The maximum absolute atomic E-state index is 10.9. The van der Waals surface area contributed by atoms with E-state index in [9.17, 15) is 10.1 Å². The highest BCUT2D eigenvalue weighted by atomic mass is 32.1. The zero-order valence-electron chi connectivity index (χ0n) is 16.0. The molecule has 27 heavy (non-hydrogen) atoms. The van der Waals surface area contributed by atoms with Gasteiger partial charge in [-0.3, -0.25) is 10.1 Å². The Kier molecular flexibility index (Phi) is 7.12. The summed E-state index contributed by atoms with van der Waals surface area (Å²) < 4.78 is 5.22. The molecular formula is C20H25N3O3S. The van der Waals surface area contributed by atoms with E-state index < -0.39 is 4.92 Å². The summed E-state index contributed by atoms with van der Waals surface area (Å²) in [4.78, 5) is 10.4. The minimum Gasteiger partial charge on any atom is -0.494 e. The Morgan fingerprint density at radius 2 is 1.81 bits per heavy atom. The molecule has 2 rings (SSSR count). The summed E-state index contributed by atoms with van der Waals surface area (Å²) in [5, 5.41) is 17.6. The summed E-state index contributed by atoms with van der Waals surface area (Å²) in [5.41, 5.74) is 2.98. The van der Waals surface area contributed by atoms with Gasteiger partial charge in [-0.2, -0.15) is 0 Å². The fraction of sp³-hybridized carbons (Fsp3) is 0.350. The van der Waals surface area contributed by atoms with Gasteiger partial charge in [-0.05, 0) is 48.7 Å². The maximum Gasteiger partial charge on any atom is 0.273 e. The molecule has 6 nitrogen and oxygen atoms in total. The molecule has 2 aromatic carbocycles. The lowest BCUT2D eigenvalue weighted by atomic mass is 9.96. The number of nitrogens with one attached hydrogen (secondary N) is 2. The molecule has 0 aliphatic heterocycles. The van der Waals surface area contributed by atoms with Crippen LogP contribution in [0.4, 0.5) is 11.4 Å². The molecule has 0 aliphatic rings. The van der Waals surface area contributed by atoms with E-state index >= 15 is 0 Å². The van der Waals surface area contributed by atoms with Crippen LogP contribution >= 0.6 is 12.2 Å². The molecule has 0 aliphatic carbocycles. The van der Waals surface area contributed by atoms with Crippen molar-refractivity contribution < 1.29 is 9.66 Å². The summed E-state index contributed by atoms with van der Waals surface area (Å²) in [6.07, 6.45) is 1.11. The number of hydrogen-bond acceptors (Lipinski definition) is 4. The first-order chi connectivity index (χ1) is 12.8. The van der Waals surface area contributed by atoms with Gasteiger partial charge in [0.1, 0.15) is 5.75 Å². The second kappa shape index (κ2) is 9.32. The minimum atomic E-state index is -0.464. The third-order valence-electron chi connectivity index (χ3n) is 4.61. The van der Waals surface area contributed by atoms with E-state index in [4.69, 9.17) is 17.0 Å². The summed E-state index contributed by atoms with van der Waals surface area (Å²) in [6.45, 7) is 6.42. The van der Waals surface area contributed by atoms with E-state index in [0.29, 0.717) is 22.5 Å². The van der Waals surface area contributed by atoms with Crippen molar-refractivity contribution in [1.82, 2.24) is 5.32 Å². The van der Waals surface area contributed by atoms with Crippen LogP contribution in [0.3, 0.4) is 0 Å². The molecule has 0 saturated carbocycles. The van der Waals surface area contributed by atoms with Crippen LogP contribution in [0, 0.1) is 10.1 Å². The second-order valence-electron chi connectivity index (χ2n) is 6.44. The molecule has 0 radical (unpaired) electrons. The van der Waals surface area contributed by atoms with E-state index in [1.165, 1.54) is 24.8 Å². The predicted molar refractivity (Wildman–Crippen MR) is 113 cm³/mol. The first kappa shape index (κ1) is 20.6. The SMILES string of the molecule is CCC(C)c1ccc(C(C)NC(=S)Nc2ccc([N+](=O)[O-])cc2OC)cc1. The third kappa shape index (κ3) is 5.40. The first-order valence-corrected chi connectivity index (χ1v) is 9.26. The zero-order chi connectivity index (χ0) is 20.0. The van der Waals surface area contributed by atoms with Crippen LogP contribution in [0.15, 0.2) is 42.5 Å². The molecule has 0 saturated heterocycles. The Bertz CT molecular complexity index is 809. The summed E-state index contributed by atoms with van der Waals surface area (Å²) in [5.74, 6) is 0.901. The molecule has 2 N–H and O–H groups in total. The van der Waals surface area contributed by atoms with Gasteiger partial charge in [0.05, 0.1) is 29.8 Å². The number of benzene rings is 2. The Hall–Kier alpha value is -2.67. The number of nitro benzene ring substituents is 1. The Labute approximate surface area is 165 Å². The highest BCUT2D eigenvalue weighted by molar-refractivity contribution is 7.80. The molecule has 0 spiro atoms. The number of hydrogen-bond donors (Lipinski definition) is 2. The number of anilines is 1. The largest absolute Gasteiger partial charge is 0.494 e. The molecule has 2 atom stereocenters. The van der Waals surface area contributed by atoms with Crippen molar-refractivity contribution in [3.8, 4) is 5.75 Å². The van der Waals surface area contributed by atoms with Gasteiger partial charge in [-0.1, -0.05) is 38.1 Å². The molecule has 0 fully saturated rings. The molecule has 0 aromatic heterocycles. The third-order valence-corrected chi connectivity index (χ3v) is 4.83. The monoisotopic (exact) mass is 387 g/mol. The van der Waals surface area contributed by atoms with Crippen LogP contribution in [0.5, 0.6) is 5.75 Å². The van der Waals surface area contributed by atoms with Gasteiger partial charge in [-0.15, -0.1) is 0 Å².